The monoisotopic (exact) mass is 228 g/mol. The predicted molar refractivity (Wildman–Crippen MR) is 58.2 cm³/mol. The van der Waals surface area contributed by atoms with Gasteiger partial charge in [-0.15, -0.1) is 0 Å². The van der Waals surface area contributed by atoms with E-state index in [1.54, 1.807) is 0 Å². The van der Waals surface area contributed by atoms with Gasteiger partial charge >= 0.3 is 6.16 Å². The minimum absolute atomic E-state index is 0.0602. The Labute approximate surface area is 96.2 Å². The molecule has 0 aromatic heterocycles. The second kappa shape index (κ2) is 5.04. The fourth-order valence-corrected chi connectivity index (χ4v) is 2.11. The first-order chi connectivity index (χ1) is 7.69. The SMILES string of the molecule is CCC(C)OC(=O)OCC1CCC2OC2C1. The van der Waals surface area contributed by atoms with Crippen molar-refractivity contribution in [1.82, 2.24) is 0 Å². The molecule has 0 amide bonds. The van der Waals surface area contributed by atoms with Crippen LogP contribution in [0.3, 0.4) is 0 Å². The van der Waals surface area contributed by atoms with Crippen LogP contribution in [0.5, 0.6) is 0 Å². The van der Waals surface area contributed by atoms with Gasteiger partial charge in [-0.05, 0) is 38.5 Å². The van der Waals surface area contributed by atoms with Gasteiger partial charge in [0.2, 0.25) is 0 Å². The lowest BCUT2D eigenvalue weighted by Crippen LogP contribution is -2.22. The van der Waals surface area contributed by atoms with Crippen molar-refractivity contribution in [3.8, 4) is 0 Å². The van der Waals surface area contributed by atoms with Gasteiger partial charge in [-0.1, -0.05) is 6.92 Å². The number of epoxide rings is 1. The highest BCUT2D eigenvalue weighted by atomic mass is 16.7. The van der Waals surface area contributed by atoms with Gasteiger partial charge in [0.1, 0.15) is 6.10 Å². The summed E-state index contributed by atoms with van der Waals surface area (Å²) in [6.45, 7) is 4.32. The molecule has 92 valence electrons. The molecule has 4 nitrogen and oxygen atoms in total. The molecule has 2 aliphatic rings. The van der Waals surface area contributed by atoms with E-state index in [-0.39, 0.29) is 6.10 Å². The maximum Gasteiger partial charge on any atom is 0.508 e. The fourth-order valence-electron chi connectivity index (χ4n) is 2.11. The molecule has 0 radical (unpaired) electrons. The Morgan fingerprint density at radius 2 is 2.25 bits per heavy atom. The van der Waals surface area contributed by atoms with E-state index in [1.165, 1.54) is 0 Å². The highest BCUT2D eigenvalue weighted by molar-refractivity contribution is 5.60. The van der Waals surface area contributed by atoms with E-state index in [0.29, 0.717) is 24.7 Å². The minimum Gasteiger partial charge on any atom is -0.434 e. The van der Waals surface area contributed by atoms with E-state index < -0.39 is 6.16 Å². The standard InChI is InChI=1S/C12H20O4/c1-3-8(2)15-12(13)14-7-9-4-5-10-11(6-9)16-10/h8-11H,3-7H2,1-2H3. The van der Waals surface area contributed by atoms with Gasteiger partial charge in [0.15, 0.2) is 0 Å². The van der Waals surface area contributed by atoms with E-state index in [2.05, 4.69) is 0 Å². The molecule has 0 bridgehead atoms. The first-order valence-corrected chi connectivity index (χ1v) is 6.18. The highest BCUT2D eigenvalue weighted by Crippen LogP contribution is 2.39. The second-order valence-electron chi connectivity index (χ2n) is 4.79. The Kier molecular flexibility index (Phi) is 3.69. The van der Waals surface area contributed by atoms with Crippen molar-refractivity contribution >= 4 is 6.16 Å². The summed E-state index contributed by atoms with van der Waals surface area (Å²) in [5.74, 6) is 0.452. The average molecular weight is 228 g/mol. The summed E-state index contributed by atoms with van der Waals surface area (Å²) in [7, 11) is 0. The fraction of sp³-hybridized carbons (Fsp3) is 0.917. The summed E-state index contributed by atoms with van der Waals surface area (Å²) in [5.41, 5.74) is 0. The van der Waals surface area contributed by atoms with Gasteiger partial charge in [0.05, 0.1) is 18.8 Å². The Balaban J connectivity index is 1.61. The average Bonchev–Trinajstić information content (AvgIpc) is 3.04. The van der Waals surface area contributed by atoms with Crippen LogP contribution in [0.4, 0.5) is 4.79 Å². The van der Waals surface area contributed by atoms with Crippen LogP contribution in [-0.4, -0.2) is 31.1 Å². The van der Waals surface area contributed by atoms with Crippen molar-refractivity contribution in [2.45, 2.75) is 57.8 Å². The lowest BCUT2D eigenvalue weighted by Gasteiger charge is -2.19. The lowest BCUT2D eigenvalue weighted by atomic mass is 9.90. The molecule has 1 heterocycles. The van der Waals surface area contributed by atoms with Crippen molar-refractivity contribution in [1.29, 1.82) is 0 Å². The Bertz CT molecular complexity index is 253. The first kappa shape index (κ1) is 11.7. The second-order valence-corrected chi connectivity index (χ2v) is 4.79. The molecule has 1 saturated carbocycles. The van der Waals surface area contributed by atoms with Crippen LogP contribution in [-0.2, 0) is 14.2 Å². The minimum atomic E-state index is -0.534. The van der Waals surface area contributed by atoms with E-state index in [1.807, 2.05) is 13.8 Å². The van der Waals surface area contributed by atoms with Crippen LogP contribution < -0.4 is 0 Å². The zero-order valence-corrected chi connectivity index (χ0v) is 9.98. The van der Waals surface area contributed by atoms with Crippen LogP contribution in [0.1, 0.15) is 39.5 Å². The van der Waals surface area contributed by atoms with Crippen molar-refractivity contribution in [2.24, 2.45) is 5.92 Å². The van der Waals surface area contributed by atoms with Gasteiger partial charge in [-0.3, -0.25) is 0 Å². The third-order valence-corrected chi connectivity index (χ3v) is 3.42. The summed E-state index contributed by atoms with van der Waals surface area (Å²) < 4.78 is 15.6. The number of rotatable bonds is 4. The Hall–Kier alpha value is -0.770. The molecule has 2 rings (SSSR count). The molecule has 4 atom stereocenters. The zero-order valence-electron chi connectivity index (χ0n) is 9.98. The van der Waals surface area contributed by atoms with Gasteiger partial charge in [-0.2, -0.15) is 0 Å². The summed E-state index contributed by atoms with van der Waals surface area (Å²) >= 11 is 0. The molecule has 2 fully saturated rings. The summed E-state index contributed by atoms with van der Waals surface area (Å²) in [6, 6.07) is 0. The Morgan fingerprint density at radius 3 is 2.94 bits per heavy atom. The molecule has 0 aromatic carbocycles. The molecule has 1 aliphatic carbocycles. The number of hydrogen-bond donors (Lipinski definition) is 0. The zero-order chi connectivity index (χ0) is 11.5. The van der Waals surface area contributed by atoms with Crippen molar-refractivity contribution < 1.29 is 19.0 Å². The molecule has 1 saturated heterocycles. The van der Waals surface area contributed by atoms with E-state index in [0.717, 1.165) is 25.7 Å². The van der Waals surface area contributed by atoms with Gasteiger partial charge < -0.3 is 14.2 Å². The van der Waals surface area contributed by atoms with Crippen molar-refractivity contribution in [3.63, 3.8) is 0 Å². The quantitative estimate of drug-likeness (QED) is 0.548. The number of hydrogen-bond acceptors (Lipinski definition) is 4. The van der Waals surface area contributed by atoms with E-state index in [4.69, 9.17) is 14.2 Å². The summed E-state index contributed by atoms with van der Waals surface area (Å²) in [6.07, 6.45) is 4.40. The highest BCUT2D eigenvalue weighted by Gasteiger charge is 2.44. The maximum absolute atomic E-state index is 11.3. The van der Waals surface area contributed by atoms with Gasteiger partial charge in [0, 0.05) is 0 Å². The molecule has 0 spiro atoms. The molecule has 0 aromatic rings. The van der Waals surface area contributed by atoms with Crippen LogP contribution in [0.25, 0.3) is 0 Å². The van der Waals surface area contributed by atoms with Crippen molar-refractivity contribution in [2.75, 3.05) is 6.61 Å². The molecule has 4 unspecified atom stereocenters. The lowest BCUT2D eigenvalue weighted by molar-refractivity contribution is 0.0170. The van der Waals surface area contributed by atoms with Gasteiger partial charge in [0.25, 0.3) is 0 Å². The van der Waals surface area contributed by atoms with Gasteiger partial charge in [-0.25, -0.2) is 4.79 Å². The maximum atomic E-state index is 11.3. The van der Waals surface area contributed by atoms with Crippen LogP contribution >= 0.6 is 0 Å². The predicted octanol–water partition coefficient (Wildman–Crippen LogP) is 2.51. The number of ether oxygens (including phenoxy) is 3. The topological polar surface area (TPSA) is 48.1 Å². The van der Waals surface area contributed by atoms with E-state index in [9.17, 15) is 4.79 Å². The van der Waals surface area contributed by atoms with Crippen molar-refractivity contribution in [3.05, 3.63) is 0 Å². The number of carbonyl (C=O) groups is 1. The molecule has 1 aliphatic heterocycles. The molecule has 0 N–H and O–H groups in total. The molecular formula is C12H20O4. The molecular weight excluding hydrogens is 208 g/mol. The number of fused-ring (bicyclic) bond motifs is 1. The summed E-state index contributed by atoms with van der Waals surface area (Å²) in [4.78, 5) is 11.3. The molecule has 16 heavy (non-hydrogen) atoms. The normalized spacial score (nSPS) is 33.8. The smallest absolute Gasteiger partial charge is 0.434 e. The Morgan fingerprint density at radius 1 is 1.44 bits per heavy atom. The van der Waals surface area contributed by atoms with Crippen LogP contribution in [0, 0.1) is 5.92 Å². The van der Waals surface area contributed by atoms with E-state index >= 15 is 0 Å². The van der Waals surface area contributed by atoms with Crippen LogP contribution in [0.15, 0.2) is 0 Å². The largest absolute Gasteiger partial charge is 0.508 e. The third-order valence-electron chi connectivity index (χ3n) is 3.42. The molecule has 4 heteroatoms. The number of carbonyl (C=O) groups excluding carboxylic acids is 1. The first-order valence-electron chi connectivity index (χ1n) is 6.18. The summed E-state index contributed by atoms with van der Waals surface area (Å²) in [5, 5.41) is 0. The third kappa shape index (κ3) is 3.11. The van der Waals surface area contributed by atoms with Crippen LogP contribution in [0.2, 0.25) is 0 Å².